The molecule has 0 saturated heterocycles. The van der Waals surface area contributed by atoms with Crippen LogP contribution in [0.3, 0.4) is 0 Å². The molecule has 0 fully saturated rings. The molecule has 0 unspecified atom stereocenters. The van der Waals surface area contributed by atoms with Gasteiger partial charge in [-0.1, -0.05) is 30.3 Å². The van der Waals surface area contributed by atoms with E-state index in [1.807, 2.05) is 24.3 Å². The summed E-state index contributed by atoms with van der Waals surface area (Å²) in [5.74, 6) is 0.558. The summed E-state index contributed by atoms with van der Waals surface area (Å²) in [6.45, 7) is 0. The minimum Gasteiger partial charge on any atom is -0.496 e. The molecule has 4 heteroatoms. The Balaban J connectivity index is 2.56. The first-order valence-electron chi connectivity index (χ1n) is 5.24. The van der Waals surface area contributed by atoms with Crippen molar-refractivity contribution in [2.24, 2.45) is 5.50 Å². The largest absolute Gasteiger partial charge is 0.496 e. The van der Waals surface area contributed by atoms with Crippen LogP contribution in [0.25, 0.3) is 0 Å². The normalized spacial score (nSPS) is 14.0. The van der Waals surface area contributed by atoms with E-state index in [2.05, 4.69) is 0 Å². The number of rotatable bonds is 3. The second-order valence-corrected chi connectivity index (χ2v) is 5.98. The van der Waals surface area contributed by atoms with Crippen LogP contribution < -0.4 is 20.9 Å². The van der Waals surface area contributed by atoms with E-state index in [1.54, 1.807) is 37.4 Å². The van der Waals surface area contributed by atoms with Crippen molar-refractivity contribution in [3.8, 4) is 5.75 Å². The average Bonchev–Trinajstić information content (AvgIpc) is 2.39. The van der Waals surface area contributed by atoms with Crippen molar-refractivity contribution in [3.05, 3.63) is 54.6 Å². The molecular weight excluding hydrogens is 233 g/mol. The van der Waals surface area contributed by atoms with Crippen LogP contribution in [0.15, 0.2) is 54.6 Å². The Morgan fingerprint density at radius 3 is 2.24 bits per heavy atom. The van der Waals surface area contributed by atoms with Crippen LogP contribution in [-0.2, 0) is 4.57 Å². The highest BCUT2D eigenvalue weighted by Crippen LogP contribution is 2.37. The predicted molar refractivity (Wildman–Crippen MR) is 70.5 cm³/mol. The Morgan fingerprint density at radius 1 is 1.00 bits per heavy atom. The van der Waals surface area contributed by atoms with E-state index < -0.39 is 7.29 Å². The van der Waals surface area contributed by atoms with E-state index in [4.69, 9.17) is 10.2 Å². The van der Waals surface area contributed by atoms with Crippen molar-refractivity contribution < 1.29 is 9.30 Å². The SMILES string of the molecule is COc1ccccc1[P@@](N)(=O)c1ccccc1. The van der Waals surface area contributed by atoms with Gasteiger partial charge in [-0.3, -0.25) is 10.1 Å². The van der Waals surface area contributed by atoms with Crippen LogP contribution in [0.4, 0.5) is 0 Å². The number of ether oxygens (including phenoxy) is 1. The quantitative estimate of drug-likeness (QED) is 0.842. The van der Waals surface area contributed by atoms with Gasteiger partial charge in [0, 0.05) is 5.30 Å². The highest BCUT2D eigenvalue weighted by Gasteiger charge is 2.25. The van der Waals surface area contributed by atoms with Crippen LogP contribution in [0.1, 0.15) is 0 Å². The molecule has 0 aliphatic rings. The molecular formula is C13H14NO2P. The van der Waals surface area contributed by atoms with Crippen molar-refractivity contribution >= 4 is 17.9 Å². The molecule has 0 saturated carbocycles. The molecule has 0 aromatic heterocycles. The molecule has 0 heterocycles. The Bertz CT molecular complexity index is 554. The topological polar surface area (TPSA) is 52.3 Å². The summed E-state index contributed by atoms with van der Waals surface area (Å²) in [5, 5.41) is 1.18. The van der Waals surface area contributed by atoms with Gasteiger partial charge in [-0.05, 0) is 24.3 Å². The van der Waals surface area contributed by atoms with Gasteiger partial charge in [0.25, 0.3) is 0 Å². The Hall–Kier alpha value is -1.57. The summed E-state index contributed by atoms with van der Waals surface area (Å²) in [4.78, 5) is 0. The molecule has 88 valence electrons. The Kier molecular flexibility index (Phi) is 3.32. The van der Waals surface area contributed by atoms with Crippen molar-refractivity contribution in [2.75, 3.05) is 7.11 Å². The fourth-order valence-electron chi connectivity index (χ4n) is 1.69. The monoisotopic (exact) mass is 247 g/mol. The lowest BCUT2D eigenvalue weighted by molar-refractivity contribution is 0.418. The summed E-state index contributed by atoms with van der Waals surface area (Å²) in [5.41, 5.74) is 6.01. The van der Waals surface area contributed by atoms with Gasteiger partial charge >= 0.3 is 0 Å². The van der Waals surface area contributed by atoms with Gasteiger partial charge < -0.3 is 4.74 Å². The van der Waals surface area contributed by atoms with E-state index in [-0.39, 0.29) is 0 Å². The van der Waals surface area contributed by atoms with Gasteiger partial charge in [0.2, 0.25) is 7.29 Å². The van der Waals surface area contributed by atoms with E-state index in [0.29, 0.717) is 16.4 Å². The lowest BCUT2D eigenvalue weighted by Gasteiger charge is -2.16. The van der Waals surface area contributed by atoms with Crippen LogP contribution in [-0.4, -0.2) is 7.11 Å². The average molecular weight is 247 g/mol. The van der Waals surface area contributed by atoms with Gasteiger partial charge in [-0.25, -0.2) is 0 Å². The standard InChI is InChI=1S/C13H14NO2P/c1-16-12-9-5-6-10-13(12)17(14,15)11-7-3-2-4-8-11/h2-10H,1H3,(H2,14,15)/t17-/m0/s1. The molecule has 2 N–H and O–H groups in total. The van der Waals surface area contributed by atoms with Gasteiger partial charge in [0.05, 0.1) is 12.4 Å². The Labute approximate surface area is 101 Å². The minimum absolute atomic E-state index is 0.550. The maximum atomic E-state index is 12.7. The summed E-state index contributed by atoms with van der Waals surface area (Å²) >= 11 is 0. The lowest BCUT2D eigenvalue weighted by atomic mass is 10.3. The summed E-state index contributed by atoms with van der Waals surface area (Å²) in [7, 11) is -1.53. The second kappa shape index (κ2) is 4.74. The van der Waals surface area contributed by atoms with Crippen molar-refractivity contribution in [1.82, 2.24) is 0 Å². The second-order valence-electron chi connectivity index (χ2n) is 3.67. The molecule has 1 atom stereocenters. The first kappa shape index (κ1) is 11.9. The predicted octanol–water partition coefficient (Wildman–Crippen LogP) is 1.88. The van der Waals surface area contributed by atoms with Crippen LogP contribution in [0.5, 0.6) is 5.75 Å². The Morgan fingerprint density at radius 2 is 1.59 bits per heavy atom. The zero-order valence-electron chi connectivity index (χ0n) is 9.54. The van der Waals surface area contributed by atoms with Crippen LogP contribution in [0, 0.1) is 0 Å². The van der Waals surface area contributed by atoms with E-state index in [0.717, 1.165) is 0 Å². The third kappa shape index (κ3) is 2.26. The van der Waals surface area contributed by atoms with Crippen molar-refractivity contribution in [3.63, 3.8) is 0 Å². The first-order chi connectivity index (χ1) is 8.16. The van der Waals surface area contributed by atoms with Gasteiger partial charge in [0.1, 0.15) is 5.75 Å². The number of hydrogen-bond donors (Lipinski definition) is 1. The molecule has 2 aromatic rings. The van der Waals surface area contributed by atoms with E-state index in [9.17, 15) is 4.57 Å². The molecule has 0 bridgehead atoms. The fourth-order valence-corrected chi connectivity index (χ4v) is 3.39. The summed E-state index contributed by atoms with van der Waals surface area (Å²) in [6, 6.07) is 16.2. The minimum atomic E-state index is -3.08. The molecule has 3 nitrogen and oxygen atoms in total. The highest BCUT2D eigenvalue weighted by molar-refractivity contribution is 7.76. The number of nitrogens with two attached hydrogens (primary N) is 1. The third-order valence-corrected chi connectivity index (χ3v) is 4.73. The first-order valence-corrected chi connectivity index (χ1v) is 7.01. The molecule has 2 aromatic carbocycles. The molecule has 0 amide bonds. The van der Waals surface area contributed by atoms with E-state index >= 15 is 0 Å². The highest BCUT2D eigenvalue weighted by atomic mass is 31.2. The van der Waals surface area contributed by atoms with Crippen LogP contribution in [0.2, 0.25) is 0 Å². The molecule has 2 rings (SSSR count). The fraction of sp³-hybridized carbons (Fsp3) is 0.0769. The summed E-state index contributed by atoms with van der Waals surface area (Å²) in [6.07, 6.45) is 0. The molecule has 0 radical (unpaired) electrons. The van der Waals surface area contributed by atoms with Gasteiger partial charge in [-0.2, -0.15) is 0 Å². The van der Waals surface area contributed by atoms with Gasteiger partial charge in [-0.15, -0.1) is 0 Å². The lowest BCUT2D eigenvalue weighted by Crippen LogP contribution is -2.23. The molecule has 0 aliphatic carbocycles. The summed E-state index contributed by atoms with van der Waals surface area (Å²) < 4.78 is 17.9. The van der Waals surface area contributed by atoms with Crippen molar-refractivity contribution in [2.45, 2.75) is 0 Å². The zero-order valence-corrected chi connectivity index (χ0v) is 10.4. The number of methoxy groups -OCH3 is 1. The molecule has 0 aliphatic heterocycles. The zero-order chi connectivity index (χ0) is 12.3. The number of para-hydroxylation sites is 1. The van der Waals surface area contributed by atoms with E-state index in [1.165, 1.54) is 0 Å². The van der Waals surface area contributed by atoms with Crippen molar-refractivity contribution in [1.29, 1.82) is 0 Å². The molecule has 17 heavy (non-hydrogen) atoms. The van der Waals surface area contributed by atoms with Gasteiger partial charge in [0.15, 0.2) is 0 Å². The maximum absolute atomic E-state index is 12.7. The smallest absolute Gasteiger partial charge is 0.205 e. The molecule has 0 spiro atoms. The third-order valence-electron chi connectivity index (χ3n) is 2.58. The van der Waals surface area contributed by atoms with Crippen LogP contribution >= 0.6 is 7.29 Å². The number of benzene rings is 2. The maximum Gasteiger partial charge on any atom is 0.205 e. The number of hydrogen-bond acceptors (Lipinski definition) is 2.